The van der Waals surface area contributed by atoms with Crippen LogP contribution >= 0.6 is 11.8 Å². The monoisotopic (exact) mass is 285 g/mol. The number of nitrogens with two attached hydrogens (primary N) is 1. The summed E-state index contributed by atoms with van der Waals surface area (Å²) >= 11 is 1.39. The first-order chi connectivity index (χ1) is 8.99. The highest BCUT2D eigenvalue weighted by Crippen LogP contribution is 2.28. The van der Waals surface area contributed by atoms with Gasteiger partial charge in [-0.25, -0.2) is 0 Å². The number of hydrogen-bond donors (Lipinski definition) is 3. The van der Waals surface area contributed by atoms with Gasteiger partial charge < -0.3 is 16.0 Å². The quantitative estimate of drug-likeness (QED) is 0.181. The topological polar surface area (TPSA) is 122 Å². The molecule has 0 aliphatic heterocycles. The molecule has 1 unspecified atom stereocenters. The molecule has 0 bridgehead atoms. The fraction of sp³-hybridized carbons (Fsp3) is 0.364. The predicted octanol–water partition coefficient (Wildman–Crippen LogP) is 1.41. The summed E-state index contributed by atoms with van der Waals surface area (Å²) in [6, 6.07) is 4.18. The van der Waals surface area contributed by atoms with Crippen LogP contribution in [-0.4, -0.2) is 33.4 Å². The van der Waals surface area contributed by atoms with Crippen molar-refractivity contribution in [2.45, 2.75) is 11.8 Å². The molecule has 1 atom stereocenters. The summed E-state index contributed by atoms with van der Waals surface area (Å²) in [6.45, 7) is 1.93. The van der Waals surface area contributed by atoms with E-state index in [9.17, 15) is 10.1 Å². The Kier molecular flexibility index (Phi) is 5.58. The van der Waals surface area contributed by atoms with Crippen molar-refractivity contribution in [1.29, 1.82) is 0 Å². The lowest BCUT2D eigenvalue weighted by molar-refractivity contribution is -0.384. The van der Waals surface area contributed by atoms with Crippen LogP contribution in [0.3, 0.4) is 0 Å². The normalized spacial score (nSPS) is 13.3. The second-order valence-corrected chi connectivity index (χ2v) is 5.08. The van der Waals surface area contributed by atoms with Crippen LogP contribution in [0.25, 0.3) is 0 Å². The van der Waals surface area contributed by atoms with Crippen LogP contribution in [0.15, 0.2) is 28.3 Å². The highest BCUT2D eigenvalue weighted by Gasteiger charge is 2.15. The van der Waals surface area contributed by atoms with Crippen molar-refractivity contribution in [3.63, 3.8) is 0 Å². The number of non-ortho nitro benzene ring substituents is 1. The average Bonchev–Trinajstić information content (AvgIpc) is 2.43. The van der Waals surface area contributed by atoms with Gasteiger partial charge in [0.15, 0.2) is 5.84 Å². The van der Waals surface area contributed by atoms with Crippen molar-refractivity contribution in [2.75, 3.05) is 12.4 Å². The van der Waals surface area contributed by atoms with E-state index in [1.54, 1.807) is 6.07 Å². The highest BCUT2D eigenvalue weighted by molar-refractivity contribution is 7.99. The Labute approximate surface area is 114 Å². The van der Waals surface area contributed by atoms with Crippen LogP contribution in [0, 0.1) is 16.0 Å². The molecule has 0 heterocycles. The van der Waals surface area contributed by atoms with Gasteiger partial charge in [0, 0.05) is 35.0 Å². The number of thioether (sulfide) groups is 1. The Hall–Kier alpha value is -1.80. The summed E-state index contributed by atoms with van der Waals surface area (Å²) in [4.78, 5) is 10.8. The zero-order valence-electron chi connectivity index (χ0n) is 10.3. The maximum Gasteiger partial charge on any atom is 0.270 e. The molecule has 0 aliphatic rings. The van der Waals surface area contributed by atoms with Crippen molar-refractivity contribution < 1.29 is 15.2 Å². The number of rotatable bonds is 6. The van der Waals surface area contributed by atoms with E-state index in [4.69, 9.17) is 16.0 Å². The first kappa shape index (κ1) is 15.3. The van der Waals surface area contributed by atoms with Gasteiger partial charge in [0.1, 0.15) is 0 Å². The maximum absolute atomic E-state index is 10.7. The van der Waals surface area contributed by atoms with E-state index in [0.29, 0.717) is 16.2 Å². The number of benzene rings is 1. The minimum Gasteiger partial charge on any atom is -0.409 e. The molecule has 104 valence electrons. The first-order valence-corrected chi connectivity index (χ1v) is 6.48. The number of aliphatic hydroxyl groups excluding tert-OH is 1. The van der Waals surface area contributed by atoms with Gasteiger partial charge in [-0.2, -0.15) is 0 Å². The Morgan fingerprint density at radius 3 is 2.84 bits per heavy atom. The third-order valence-corrected chi connectivity index (χ3v) is 3.80. The zero-order valence-corrected chi connectivity index (χ0v) is 11.1. The first-order valence-electron chi connectivity index (χ1n) is 5.49. The average molecular weight is 285 g/mol. The van der Waals surface area contributed by atoms with E-state index < -0.39 is 4.92 Å². The van der Waals surface area contributed by atoms with Gasteiger partial charge in [0.25, 0.3) is 5.69 Å². The smallest absolute Gasteiger partial charge is 0.270 e. The molecule has 1 aromatic rings. The molecule has 0 fully saturated rings. The fourth-order valence-corrected chi connectivity index (χ4v) is 2.35. The molecule has 0 aromatic heterocycles. The van der Waals surface area contributed by atoms with Crippen molar-refractivity contribution in [1.82, 2.24) is 0 Å². The second-order valence-electron chi connectivity index (χ2n) is 4.02. The standard InChI is InChI=1S/C11H15N3O4S/c1-7(5-15)6-19-10-3-2-8(14(17)18)4-9(10)11(12)13-16/h2-4,7,15-16H,5-6H2,1H3,(H2,12,13). The van der Waals surface area contributed by atoms with Crippen molar-refractivity contribution in [3.8, 4) is 0 Å². The number of oxime groups is 1. The summed E-state index contributed by atoms with van der Waals surface area (Å²) in [6.07, 6.45) is 0. The highest BCUT2D eigenvalue weighted by atomic mass is 32.2. The van der Waals surface area contributed by atoms with Gasteiger partial charge in [-0.05, 0) is 12.0 Å². The molecule has 8 heteroatoms. The van der Waals surface area contributed by atoms with Gasteiger partial charge in [-0.15, -0.1) is 11.8 Å². The Balaban J connectivity index is 3.06. The summed E-state index contributed by atoms with van der Waals surface area (Å²) in [5.74, 6) is 0.531. The third-order valence-electron chi connectivity index (χ3n) is 2.39. The number of hydrogen-bond acceptors (Lipinski definition) is 6. The summed E-state index contributed by atoms with van der Waals surface area (Å²) in [5, 5.41) is 31.3. The minimum absolute atomic E-state index is 0.0545. The molecule has 0 amide bonds. The molecular weight excluding hydrogens is 270 g/mol. The van der Waals surface area contributed by atoms with E-state index in [2.05, 4.69) is 5.16 Å². The van der Waals surface area contributed by atoms with Crippen molar-refractivity contribution >= 4 is 23.3 Å². The fourth-order valence-electron chi connectivity index (χ4n) is 1.30. The molecule has 0 saturated heterocycles. The molecule has 4 N–H and O–H groups in total. The van der Waals surface area contributed by atoms with Gasteiger partial charge in [-0.1, -0.05) is 12.1 Å². The van der Waals surface area contributed by atoms with Crippen LogP contribution in [0.1, 0.15) is 12.5 Å². The Bertz CT molecular complexity index is 493. The number of aliphatic hydroxyl groups is 1. The summed E-state index contributed by atoms with van der Waals surface area (Å²) < 4.78 is 0. The van der Waals surface area contributed by atoms with Gasteiger partial charge >= 0.3 is 0 Å². The van der Waals surface area contributed by atoms with Crippen molar-refractivity contribution in [2.24, 2.45) is 16.8 Å². The predicted molar refractivity (Wildman–Crippen MR) is 72.6 cm³/mol. The lowest BCUT2D eigenvalue weighted by atomic mass is 10.2. The van der Waals surface area contributed by atoms with Crippen LogP contribution in [0.5, 0.6) is 0 Å². The molecule has 0 saturated carbocycles. The second kappa shape index (κ2) is 6.95. The van der Waals surface area contributed by atoms with Crippen LogP contribution < -0.4 is 5.73 Å². The molecule has 1 aromatic carbocycles. The summed E-state index contributed by atoms with van der Waals surface area (Å²) in [7, 11) is 0. The molecule has 0 aliphatic carbocycles. The van der Waals surface area contributed by atoms with Crippen molar-refractivity contribution in [3.05, 3.63) is 33.9 Å². The van der Waals surface area contributed by atoms with Gasteiger partial charge in [0.2, 0.25) is 0 Å². The molecule has 0 spiro atoms. The number of nitro groups is 1. The molecule has 0 radical (unpaired) electrons. The number of nitro benzene ring substituents is 1. The molecular formula is C11H15N3O4S. The third kappa shape index (κ3) is 4.11. The van der Waals surface area contributed by atoms with E-state index in [0.717, 1.165) is 0 Å². The van der Waals surface area contributed by atoms with E-state index in [-0.39, 0.29) is 24.0 Å². The van der Waals surface area contributed by atoms with Gasteiger partial charge in [-0.3, -0.25) is 10.1 Å². The Morgan fingerprint density at radius 1 is 1.63 bits per heavy atom. The van der Waals surface area contributed by atoms with E-state index >= 15 is 0 Å². The Morgan fingerprint density at radius 2 is 2.32 bits per heavy atom. The lowest BCUT2D eigenvalue weighted by Gasteiger charge is -2.10. The van der Waals surface area contributed by atoms with Gasteiger partial charge in [0.05, 0.1) is 4.92 Å². The largest absolute Gasteiger partial charge is 0.409 e. The lowest BCUT2D eigenvalue weighted by Crippen LogP contribution is -2.15. The number of amidine groups is 1. The summed E-state index contributed by atoms with van der Waals surface area (Å²) in [5.41, 5.74) is 5.71. The molecule has 1 rings (SSSR count). The number of nitrogens with zero attached hydrogens (tertiary/aromatic N) is 2. The van der Waals surface area contributed by atoms with Crippen LogP contribution in [0.2, 0.25) is 0 Å². The molecule has 7 nitrogen and oxygen atoms in total. The SMILES string of the molecule is CC(CO)CSc1ccc([N+](=O)[O-])cc1C(N)=NO. The van der Waals surface area contributed by atoms with Crippen LogP contribution in [-0.2, 0) is 0 Å². The van der Waals surface area contributed by atoms with E-state index in [1.807, 2.05) is 6.92 Å². The minimum atomic E-state index is -0.543. The maximum atomic E-state index is 10.7. The van der Waals surface area contributed by atoms with Crippen LogP contribution in [0.4, 0.5) is 5.69 Å². The zero-order chi connectivity index (χ0) is 14.4. The molecule has 19 heavy (non-hydrogen) atoms. The van der Waals surface area contributed by atoms with E-state index in [1.165, 1.54) is 23.9 Å².